The number of aliphatic hydroxyl groups is 1. The number of carbonyl (C=O) groups is 2. The third-order valence-electron chi connectivity index (χ3n) is 5.53. The molecule has 32 heavy (non-hydrogen) atoms. The Bertz CT molecular complexity index is 1010. The van der Waals surface area contributed by atoms with E-state index in [0.717, 1.165) is 16.7 Å². The van der Waals surface area contributed by atoms with Crippen LogP contribution in [0.5, 0.6) is 0 Å². The lowest BCUT2D eigenvalue weighted by molar-refractivity contribution is -0.123. The second-order valence-corrected chi connectivity index (χ2v) is 8.01. The first-order valence-corrected chi connectivity index (χ1v) is 10.9. The molecule has 0 bridgehead atoms. The maximum Gasteiger partial charge on any atom is 0.251 e. The average Bonchev–Trinajstić information content (AvgIpc) is 2.83. The van der Waals surface area contributed by atoms with E-state index in [-0.39, 0.29) is 24.3 Å². The van der Waals surface area contributed by atoms with Crippen LogP contribution in [0.4, 0.5) is 0 Å². The highest BCUT2D eigenvalue weighted by Gasteiger charge is 2.23. The number of hydrogen-bond acceptors (Lipinski definition) is 3. The van der Waals surface area contributed by atoms with E-state index < -0.39 is 6.04 Å². The van der Waals surface area contributed by atoms with Crippen LogP contribution in [0, 0.1) is 12.8 Å². The molecule has 166 valence electrons. The van der Waals surface area contributed by atoms with Crippen molar-refractivity contribution >= 4 is 11.8 Å². The highest BCUT2D eigenvalue weighted by Crippen LogP contribution is 2.13. The van der Waals surface area contributed by atoms with Gasteiger partial charge in [0, 0.05) is 31.1 Å². The molecule has 0 saturated carbocycles. The standard InChI is InChI=1S/C27H30N2O3/c1-20-10-8-9-15-24(20)16-22(19-30)18-28-27(32)25(17-21-11-4-2-5-12-21)29-26(31)23-13-6-3-7-14-23/h2-15,22,25,30H,16-19H2,1H3,(H,28,32)(H,29,31). The van der Waals surface area contributed by atoms with E-state index in [1.165, 1.54) is 0 Å². The summed E-state index contributed by atoms with van der Waals surface area (Å²) in [6.07, 6.45) is 1.05. The number of amides is 2. The monoisotopic (exact) mass is 430 g/mol. The fourth-order valence-corrected chi connectivity index (χ4v) is 3.61. The summed E-state index contributed by atoms with van der Waals surface area (Å²) >= 11 is 0. The van der Waals surface area contributed by atoms with E-state index >= 15 is 0 Å². The van der Waals surface area contributed by atoms with Crippen LogP contribution in [0.2, 0.25) is 0 Å². The average molecular weight is 431 g/mol. The maximum atomic E-state index is 13.0. The van der Waals surface area contributed by atoms with Gasteiger partial charge in [0.05, 0.1) is 0 Å². The number of aryl methyl sites for hydroxylation is 1. The molecule has 5 nitrogen and oxygen atoms in total. The Hall–Kier alpha value is -3.44. The van der Waals surface area contributed by atoms with Gasteiger partial charge in [-0.15, -0.1) is 0 Å². The highest BCUT2D eigenvalue weighted by molar-refractivity contribution is 5.97. The molecule has 0 saturated heterocycles. The molecule has 3 aromatic carbocycles. The van der Waals surface area contributed by atoms with E-state index in [4.69, 9.17) is 0 Å². The molecule has 0 radical (unpaired) electrons. The number of hydrogen-bond donors (Lipinski definition) is 3. The first-order valence-electron chi connectivity index (χ1n) is 10.9. The van der Waals surface area contributed by atoms with Crippen LogP contribution >= 0.6 is 0 Å². The molecule has 0 aromatic heterocycles. The molecule has 3 N–H and O–H groups in total. The molecule has 0 aliphatic carbocycles. The second kappa shape index (κ2) is 11.8. The van der Waals surface area contributed by atoms with Gasteiger partial charge in [0.2, 0.25) is 5.91 Å². The van der Waals surface area contributed by atoms with Gasteiger partial charge in [0.15, 0.2) is 0 Å². The minimum absolute atomic E-state index is 0.0334. The minimum Gasteiger partial charge on any atom is -0.396 e. The Morgan fingerprint density at radius 2 is 1.47 bits per heavy atom. The lowest BCUT2D eigenvalue weighted by Crippen LogP contribution is -2.49. The van der Waals surface area contributed by atoms with E-state index in [1.807, 2.05) is 67.6 Å². The van der Waals surface area contributed by atoms with Crippen LogP contribution in [-0.2, 0) is 17.6 Å². The van der Waals surface area contributed by atoms with Gasteiger partial charge in [0.1, 0.15) is 6.04 Å². The van der Waals surface area contributed by atoms with Gasteiger partial charge >= 0.3 is 0 Å². The van der Waals surface area contributed by atoms with Crippen molar-refractivity contribution in [2.45, 2.75) is 25.8 Å². The molecule has 0 heterocycles. The number of aliphatic hydroxyl groups excluding tert-OH is 1. The van der Waals surface area contributed by atoms with Gasteiger partial charge in [-0.25, -0.2) is 0 Å². The summed E-state index contributed by atoms with van der Waals surface area (Å²) in [6, 6.07) is 25.8. The third kappa shape index (κ3) is 6.79. The smallest absolute Gasteiger partial charge is 0.251 e. The van der Waals surface area contributed by atoms with Crippen molar-refractivity contribution < 1.29 is 14.7 Å². The van der Waals surface area contributed by atoms with Gasteiger partial charge in [-0.1, -0.05) is 72.8 Å². The molecular formula is C27H30N2O3. The van der Waals surface area contributed by atoms with Crippen LogP contribution in [0.25, 0.3) is 0 Å². The van der Waals surface area contributed by atoms with Crippen LogP contribution in [-0.4, -0.2) is 36.1 Å². The van der Waals surface area contributed by atoms with Crippen molar-refractivity contribution in [2.75, 3.05) is 13.2 Å². The zero-order valence-electron chi connectivity index (χ0n) is 18.3. The molecule has 5 heteroatoms. The largest absolute Gasteiger partial charge is 0.396 e. The van der Waals surface area contributed by atoms with Crippen molar-refractivity contribution in [3.63, 3.8) is 0 Å². The Balaban J connectivity index is 1.66. The topological polar surface area (TPSA) is 78.4 Å². The van der Waals surface area contributed by atoms with Crippen LogP contribution in [0.1, 0.15) is 27.0 Å². The molecule has 0 spiro atoms. The van der Waals surface area contributed by atoms with Gasteiger partial charge in [-0.05, 0) is 42.2 Å². The summed E-state index contributed by atoms with van der Waals surface area (Å²) in [6.45, 7) is 2.34. The zero-order valence-corrected chi connectivity index (χ0v) is 18.3. The number of nitrogens with one attached hydrogen (secondary N) is 2. The van der Waals surface area contributed by atoms with Crippen molar-refractivity contribution in [1.29, 1.82) is 0 Å². The van der Waals surface area contributed by atoms with Gasteiger partial charge < -0.3 is 15.7 Å². The summed E-state index contributed by atoms with van der Waals surface area (Å²) in [5.41, 5.74) is 3.78. The van der Waals surface area contributed by atoms with Crippen molar-refractivity contribution in [1.82, 2.24) is 10.6 Å². The van der Waals surface area contributed by atoms with E-state index in [1.54, 1.807) is 24.3 Å². The fourth-order valence-electron chi connectivity index (χ4n) is 3.61. The van der Waals surface area contributed by atoms with Crippen LogP contribution in [0.15, 0.2) is 84.9 Å². The first-order chi connectivity index (χ1) is 15.6. The molecule has 0 fully saturated rings. The third-order valence-corrected chi connectivity index (χ3v) is 5.53. The predicted molar refractivity (Wildman–Crippen MR) is 126 cm³/mol. The normalized spacial score (nSPS) is 12.6. The quantitative estimate of drug-likeness (QED) is 0.462. The summed E-state index contributed by atoms with van der Waals surface area (Å²) in [7, 11) is 0. The Morgan fingerprint density at radius 1 is 0.844 bits per heavy atom. The first kappa shape index (κ1) is 23.2. The summed E-state index contributed by atoms with van der Waals surface area (Å²) in [5, 5.41) is 15.6. The van der Waals surface area contributed by atoms with E-state index in [2.05, 4.69) is 10.6 Å². The van der Waals surface area contributed by atoms with E-state index in [9.17, 15) is 14.7 Å². The van der Waals surface area contributed by atoms with Gasteiger partial charge in [0.25, 0.3) is 5.91 Å². The molecule has 3 rings (SSSR count). The highest BCUT2D eigenvalue weighted by atomic mass is 16.3. The summed E-state index contributed by atoms with van der Waals surface area (Å²) in [4.78, 5) is 25.7. The molecular weight excluding hydrogens is 400 g/mol. The van der Waals surface area contributed by atoms with Gasteiger partial charge in [-0.2, -0.15) is 0 Å². The van der Waals surface area contributed by atoms with E-state index in [0.29, 0.717) is 24.9 Å². The molecule has 0 aliphatic heterocycles. The lowest BCUT2D eigenvalue weighted by atomic mass is 9.96. The molecule has 2 amide bonds. The number of carbonyl (C=O) groups excluding carboxylic acids is 2. The number of rotatable bonds is 10. The Morgan fingerprint density at radius 3 is 2.12 bits per heavy atom. The molecule has 3 aromatic rings. The Labute approximate surface area is 189 Å². The number of benzene rings is 3. The molecule has 2 atom stereocenters. The molecule has 2 unspecified atom stereocenters. The van der Waals surface area contributed by atoms with Crippen LogP contribution < -0.4 is 10.6 Å². The summed E-state index contributed by atoms with van der Waals surface area (Å²) in [5.74, 6) is -0.663. The Kier molecular flexibility index (Phi) is 8.58. The summed E-state index contributed by atoms with van der Waals surface area (Å²) < 4.78 is 0. The zero-order chi connectivity index (χ0) is 22.8. The minimum atomic E-state index is -0.720. The van der Waals surface area contributed by atoms with Crippen molar-refractivity contribution in [2.24, 2.45) is 5.92 Å². The second-order valence-electron chi connectivity index (χ2n) is 8.01. The molecule has 0 aliphatic rings. The van der Waals surface area contributed by atoms with Crippen LogP contribution in [0.3, 0.4) is 0 Å². The predicted octanol–water partition coefficient (Wildman–Crippen LogP) is 3.30. The maximum absolute atomic E-state index is 13.0. The van der Waals surface area contributed by atoms with Crippen molar-refractivity contribution in [3.05, 3.63) is 107 Å². The fraction of sp³-hybridized carbons (Fsp3) is 0.259. The SMILES string of the molecule is Cc1ccccc1CC(CO)CNC(=O)C(Cc1ccccc1)NC(=O)c1ccccc1. The van der Waals surface area contributed by atoms with Gasteiger partial charge in [-0.3, -0.25) is 9.59 Å². The van der Waals surface area contributed by atoms with Crippen molar-refractivity contribution in [3.8, 4) is 0 Å². The lowest BCUT2D eigenvalue weighted by Gasteiger charge is -2.21.